The van der Waals surface area contributed by atoms with Gasteiger partial charge in [0.15, 0.2) is 4.96 Å². The van der Waals surface area contributed by atoms with Crippen molar-refractivity contribution >= 4 is 39.5 Å². The predicted molar refractivity (Wildman–Crippen MR) is 107 cm³/mol. The van der Waals surface area contributed by atoms with Gasteiger partial charge in [0.05, 0.1) is 12.1 Å². The number of fused-ring (bicyclic) bond motifs is 1. The Labute approximate surface area is 160 Å². The molecule has 0 aliphatic carbocycles. The normalized spacial score (nSPS) is 11.0. The lowest BCUT2D eigenvalue weighted by atomic mass is 10.2. The van der Waals surface area contributed by atoms with E-state index >= 15 is 0 Å². The van der Waals surface area contributed by atoms with Gasteiger partial charge in [-0.15, -0.1) is 11.3 Å². The van der Waals surface area contributed by atoms with Crippen LogP contribution in [0.5, 0.6) is 0 Å². The van der Waals surface area contributed by atoms with Crippen LogP contribution in [0.3, 0.4) is 0 Å². The maximum atomic E-state index is 12.4. The molecule has 4 rings (SSSR count). The summed E-state index contributed by atoms with van der Waals surface area (Å²) in [5.74, 6) is -0.0479. The lowest BCUT2D eigenvalue weighted by molar-refractivity contribution is -0.115. The Balaban J connectivity index is 1.56. The number of amides is 1. The Hall–Kier alpha value is -2.63. The molecule has 1 amide bonds. The fraction of sp³-hybridized carbons (Fsp3) is 0.100. The third kappa shape index (κ3) is 3.49. The first-order valence-electron chi connectivity index (χ1n) is 8.16. The number of carbonyl (C=O) groups is 1. The van der Waals surface area contributed by atoms with Crippen molar-refractivity contribution in [2.75, 3.05) is 5.32 Å². The summed E-state index contributed by atoms with van der Waals surface area (Å²) in [6.45, 7) is 2.00. The van der Waals surface area contributed by atoms with Crippen molar-refractivity contribution in [1.82, 2.24) is 9.38 Å². The SMILES string of the molecule is Cc1cccc(NC(=O)Cc2csc3nc(-c4cccc(Cl)c4)cn23)c1. The molecule has 2 aromatic carbocycles. The number of anilines is 1. The quantitative estimate of drug-likeness (QED) is 0.527. The second kappa shape index (κ2) is 6.94. The van der Waals surface area contributed by atoms with Crippen LogP contribution in [0.15, 0.2) is 60.1 Å². The summed E-state index contributed by atoms with van der Waals surface area (Å²) in [4.78, 5) is 17.9. The van der Waals surface area contributed by atoms with Gasteiger partial charge < -0.3 is 5.32 Å². The molecule has 0 aliphatic rings. The van der Waals surface area contributed by atoms with Crippen molar-refractivity contribution in [3.8, 4) is 11.3 Å². The number of benzene rings is 2. The van der Waals surface area contributed by atoms with Gasteiger partial charge in [-0.3, -0.25) is 9.20 Å². The topological polar surface area (TPSA) is 46.4 Å². The van der Waals surface area contributed by atoms with Crippen LogP contribution in [0, 0.1) is 6.92 Å². The van der Waals surface area contributed by atoms with Crippen LogP contribution in [0.4, 0.5) is 5.69 Å². The van der Waals surface area contributed by atoms with E-state index in [0.29, 0.717) is 11.4 Å². The predicted octanol–water partition coefficient (Wildman–Crippen LogP) is 5.21. The van der Waals surface area contributed by atoms with Crippen LogP contribution in [0.25, 0.3) is 16.2 Å². The molecule has 1 N–H and O–H groups in total. The zero-order chi connectivity index (χ0) is 18.1. The number of halogens is 1. The monoisotopic (exact) mass is 381 g/mol. The molecule has 130 valence electrons. The Bertz CT molecular complexity index is 1100. The highest BCUT2D eigenvalue weighted by Crippen LogP contribution is 2.26. The fourth-order valence-corrected chi connectivity index (χ4v) is 3.90. The lowest BCUT2D eigenvalue weighted by Crippen LogP contribution is -2.15. The van der Waals surface area contributed by atoms with Crippen molar-refractivity contribution in [1.29, 1.82) is 0 Å². The zero-order valence-electron chi connectivity index (χ0n) is 14.1. The summed E-state index contributed by atoms with van der Waals surface area (Å²) in [7, 11) is 0. The molecule has 0 bridgehead atoms. The summed E-state index contributed by atoms with van der Waals surface area (Å²) < 4.78 is 1.97. The molecule has 0 radical (unpaired) electrons. The van der Waals surface area contributed by atoms with Gasteiger partial charge in [-0.05, 0) is 36.8 Å². The van der Waals surface area contributed by atoms with E-state index in [1.54, 1.807) is 0 Å². The maximum Gasteiger partial charge on any atom is 0.230 e. The van der Waals surface area contributed by atoms with Crippen LogP contribution in [-0.2, 0) is 11.2 Å². The van der Waals surface area contributed by atoms with E-state index in [4.69, 9.17) is 11.6 Å². The van der Waals surface area contributed by atoms with E-state index in [1.165, 1.54) is 11.3 Å². The molecular formula is C20H16ClN3OS. The van der Waals surface area contributed by atoms with Gasteiger partial charge in [-0.1, -0.05) is 35.9 Å². The molecule has 4 aromatic rings. The van der Waals surface area contributed by atoms with Crippen LogP contribution >= 0.6 is 22.9 Å². The summed E-state index contributed by atoms with van der Waals surface area (Å²) in [5.41, 5.74) is 4.65. The van der Waals surface area contributed by atoms with Crippen LogP contribution in [0.2, 0.25) is 5.02 Å². The first-order valence-corrected chi connectivity index (χ1v) is 9.42. The molecule has 0 saturated heterocycles. The highest BCUT2D eigenvalue weighted by molar-refractivity contribution is 7.15. The van der Waals surface area contributed by atoms with E-state index in [-0.39, 0.29) is 5.91 Å². The highest BCUT2D eigenvalue weighted by atomic mass is 35.5. The number of imidazole rings is 1. The number of carbonyl (C=O) groups excluding carboxylic acids is 1. The van der Waals surface area contributed by atoms with Crippen molar-refractivity contribution in [2.45, 2.75) is 13.3 Å². The molecule has 26 heavy (non-hydrogen) atoms. The van der Waals surface area contributed by atoms with Gasteiger partial charge >= 0.3 is 0 Å². The molecule has 2 heterocycles. The highest BCUT2D eigenvalue weighted by Gasteiger charge is 2.13. The van der Waals surface area contributed by atoms with Crippen LogP contribution < -0.4 is 5.32 Å². The first kappa shape index (κ1) is 16.8. The van der Waals surface area contributed by atoms with Crippen molar-refractivity contribution in [3.05, 3.63) is 76.4 Å². The molecule has 0 unspecified atom stereocenters. The number of aromatic nitrogens is 2. The minimum absolute atomic E-state index is 0.0479. The molecule has 4 nitrogen and oxygen atoms in total. The average Bonchev–Trinajstić information content (AvgIpc) is 3.17. The number of nitrogens with one attached hydrogen (secondary N) is 1. The standard InChI is InChI=1S/C20H16ClN3OS/c1-13-4-2-7-16(8-13)22-19(25)10-17-12-26-20-23-18(11-24(17)20)14-5-3-6-15(21)9-14/h2-9,11-12H,10H2,1H3,(H,22,25). The first-order chi connectivity index (χ1) is 12.6. The number of aryl methyl sites for hydroxylation is 1. The minimum Gasteiger partial charge on any atom is -0.326 e. The van der Waals surface area contributed by atoms with Crippen LogP contribution in [-0.4, -0.2) is 15.3 Å². The van der Waals surface area contributed by atoms with E-state index < -0.39 is 0 Å². The molecule has 2 aromatic heterocycles. The van der Waals surface area contributed by atoms with Gasteiger partial charge in [0.1, 0.15) is 0 Å². The summed E-state index contributed by atoms with van der Waals surface area (Å²) >= 11 is 7.59. The number of thiazole rings is 1. The van der Waals surface area contributed by atoms with Crippen LogP contribution in [0.1, 0.15) is 11.3 Å². The van der Waals surface area contributed by atoms with Crippen molar-refractivity contribution in [2.24, 2.45) is 0 Å². The van der Waals surface area contributed by atoms with E-state index in [9.17, 15) is 4.79 Å². The molecule has 0 fully saturated rings. The van der Waals surface area contributed by atoms with E-state index in [1.807, 2.05) is 71.4 Å². The lowest BCUT2D eigenvalue weighted by Gasteiger charge is -2.05. The Kier molecular flexibility index (Phi) is 4.49. The third-order valence-corrected chi connectivity index (χ3v) is 5.17. The summed E-state index contributed by atoms with van der Waals surface area (Å²) in [6, 6.07) is 15.4. The second-order valence-electron chi connectivity index (χ2n) is 6.11. The Morgan fingerprint density at radius 2 is 2.08 bits per heavy atom. The van der Waals surface area contributed by atoms with E-state index in [2.05, 4.69) is 10.3 Å². The molecule has 0 spiro atoms. The maximum absolute atomic E-state index is 12.4. The van der Waals surface area contributed by atoms with Crippen molar-refractivity contribution in [3.63, 3.8) is 0 Å². The third-order valence-electron chi connectivity index (χ3n) is 4.05. The molecular weight excluding hydrogens is 366 g/mol. The number of nitrogens with zero attached hydrogens (tertiary/aromatic N) is 2. The molecule has 0 atom stereocenters. The minimum atomic E-state index is -0.0479. The smallest absolute Gasteiger partial charge is 0.230 e. The second-order valence-corrected chi connectivity index (χ2v) is 7.38. The summed E-state index contributed by atoms with van der Waals surface area (Å²) in [5, 5.41) is 5.60. The van der Waals surface area contributed by atoms with Gasteiger partial charge in [0, 0.05) is 33.5 Å². The van der Waals surface area contributed by atoms with Gasteiger partial charge in [-0.2, -0.15) is 0 Å². The fourth-order valence-electron chi connectivity index (χ4n) is 2.84. The van der Waals surface area contributed by atoms with Crippen molar-refractivity contribution < 1.29 is 4.79 Å². The van der Waals surface area contributed by atoms with E-state index in [0.717, 1.165) is 33.2 Å². The summed E-state index contributed by atoms with van der Waals surface area (Å²) in [6.07, 6.45) is 2.24. The number of hydrogen-bond acceptors (Lipinski definition) is 3. The molecule has 6 heteroatoms. The largest absolute Gasteiger partial charge is 0.326 e. The zero-order valence-corrected chi connectivity index (χ0v) is 15.6. The Morgan fingerprint density at radius 1 is 1.23 bits per heavy atom. The average molecular weight is 382 g/mol. The number of hydrogen-bond donors (Lipinski definition) is 1. The Morgan fingerprint density at radius 3 is 2.88 bits per heavy atom. The molecule has 0 saturated carbocycles. The van der Waals surface area contributed by atoms with Gasteiger partial charge in [0.25, 0.3) is 0 Å². The molecule has 0 aliphatic heterocycles. The number of rotatable bonds is 4. The van der Waals surface area contributed by atoms with Gasteiger partial charge in [0.2, 0.25) is 5.91 Å². The van der Waals surface area contributed by atoms with Gasteiger partial charge in [-0.25, -0.2) is 4.98 Å².